The minimum Gasteiger partial charge on any atom is -0.346 e. The van der Waals surface area contributed by atoms with Crippen molar-refractivity contribution in [2.75, 3.05) is 0 Å². The maximum atomic E-state index is 13.4. The highest BCUT2D eigenvalue weighted by molar-refractivity contribution is 5.94. The summed E-state index contributed by atoms with van der Waals surface area (Å²) < 4.78 is 15.1. The molecule has 2 aromatic rings. The van der Waals surface area contributed by atoms with Crippen LogP contribution in [0.3, 0.4) is 0 Å². The molecule has 23 heavy (non-hydrogen) atoms. The normalized spacial score (nSPS) is 25.7. The fourth-order valence-corrected chi connectivity index (χ4v) is 3.77. The van der Waals surface area contributed by atoms with Gasteiger partial charge in [-0.1, -0.05) is 0 Å². The lowest BCUT2D eigenvalue weighted by Crippen LogP contribution is -2.43. The topological polar surface area (TPSA) is 59.0 Å². The molecule has 2 aliphatic rings. The van der Waals surface area contributed by atoms with Gasteiger partial charge in [0.05, 0.1) is 11.4 Å². The highest BCUT2D eigenvalue weighted by Crippen LogP contribution is 2.28. The summed E-state index contributed by atoms with van der Waals surface area (Å²) in [5.74, 6) is -0.426. The molecule has 2 bridgehead atoms. The van der Waals surface area contributed by atoms with E-state index >= 15 is 0 Å². The zero-order valence-electron chi connectivity index (χ0n) is 12.9. The molecule has 0 unspecified atom stereocenters. The third-order valence-electron chi connectivity index (χ3n) is 4.96. The second-order valence-corrected chi connectivity index (χ2v) is 6.39. The number of amides is 1. The van der Waals surface area contributed by atoms with E-state index in [0.717, 1.165) is 18.5 Å². The van der Waals surface area contributed by atoms with Gasteiger partial charge in [0.25, 0.3) is 5.91 Å². The van der Waals surface area contributed by atoms with Gasteiger partial charge in [-0.15, -0.1) is 0 Å². The van der Waals surface area contributed by atoms with Crippen molar-refractivity contribution in [3.63, 3.8) is 0 Å². The second-order valence-electron chi connectivity index (χ2n) is 6.39. The Balaban J connectivity index is 1.54. The number of rotatable bonds is 3. The Bertz CT molecular complexity index is 757. The summed E-state index contributed by atoms with van der Waals surface area (Å²) in [4.78, 5) is 16.7. The predicted molar refractivity (Wildman–Crippen MR) is 84.4 cm³/mol. The first-order chi connectivity index (χ1) is 11.1. The molecule has 0 spiro atoms. The molecule has 0 aromatic carbocycles. The predicted octanol–water partition coefficient (Wildman–Crippen LogP) is 1.85. The van der Waals surface area contributed by atoms with Gasteiger partial charge in [-0.25, -0.2) is 4.39 Å². The molecule has 4 heterocycles. The maximum Gasteiger partial charge on any atom is 0.268 e. The molecule has 2 aliphatic heterocycles. The highest BCUT2D eigenvalue weighted by Gasteiger charge is 2.39. The Morgan fingerprint density at radius 1 is 1.39 bits per heavy atom. The number of hydrogen-bond acceptors (Lipinski definition) is 3. The molecular formula is C17H19FN4O. The van der Waals surface area contributed by atoms with Crippen molar-refractivity contribution in [1.29, 1.82) is 0 Å². The fraction of sp³-hybridized carbons (Fsp3) is 0.412. The summed E-state index contributed by atoms with van der Waals surface area (Å²) in [5, 5.41) is 6.64. The van der Waals surface area contributed by atoms with Gasteiger partial charge in [0.2, 0.25) is 0 Å². The van der Waals surface area contributed by atoms with E-state index in [1.54, 1.807) is 23.7 Å². The minimum atomic E-state index is -0.338. The van der Waals surface area contributed by atoms with E-state index in [9.17, 15) is 9.18 Å². The molecule has 2 aromatic heterocycles. The van der Waals surface area contributed by atoms with Crippen LogP contribution >= 0.6 is 0 Å². The van der Waals surface area contributed by atoms with Gasteiger partial charge < -0.3 is 15.2 Å². The van der Waals surface area contributed by atoms with Gasteiger partial charge in [0.15, 0.2) is 0 Å². The Hall–Kier alpha value is -2.21. The molecule has 0 radical (unpaired) electrons. The molecule has 6 heteroatoms. The van der Waals surface area contributed by atoms with Crippen molar-refractivity contribution < 1.29 is 9.18 Å². The Morgan fingerprint density at radius 3 is 2.96 bits per heavy atom. The standard InChI is InChI=1S/C17H19FN4O/c1-22-15(14-8-10(18)6-7-19-14)4-5-16(22)17(23)21-13-9-11-2-3-12(13)20-11/h4-8,11-13,20H,2-3,9H2,1H3,(H,21,23)/t11-,12+,13-/m1/s1. The van der Waals surface area contributed by atoms with Gasteiger partial charge in [0, 0.05) is 37.4 Å². The van der Waals surface area contributed by atoms with Gasteiger partial charge in [-0.3, -0.25) is 9.78 Å². The molecule has 4 rings (SSSR count). The van der Waals surface area contributed by atoms with Crippen molar-refractivity contribution in [3.05, 3.63) is 42.0 Å². The van der Waals surface area contributed by atoms with Crippen LogP contribution < -0.4 is 10.6 Å². The third kappa shape index (κ3) is 2.53. The van der Waals surface area contributed by atoms with Gasteiger partial charge >= 0.3 is 0 Å². The lowest BCUT2D eigenvalue weighted by atomic mass is 9.95. The quantitative estimate of drug-likeness (QED) is 0.909. The van der Waals surface area contributed by atoms with Crippen LogP contribution in [0.4, 0.5) is 4.39 Å². The van der Waals surface area contributed by atoms with Crippen molar-refractivity contribution in [2.24, 2.45) is 7.05 Å². The van der Waals surface area contributed by atoms with Crippen molar-refractivity contribution >= 4 is 5.91 Å². The first kappa shape index (κ1) is 14.4. The summed E-state index contributed by atoms with van der Waals surface area (Å²) in [6.45, 7) is 0. The number of nitrogens with one attached hydrogen (secondary N) is 2. The lowest BCUT2D eigenvalue weighted by Gasteiger charge is -2.21. The van der Waals surface area contributed by atoms with Gasteiger partial charge in [0.1, 0.15) is 11.5 Å². The minimum absolute atomic E-state index is 0.0884. The monoisotopic (exact) mass is 314 g/mol. The second kappa shape index (κ2) is 5.45. The van der Waals surface area contributed by atoms with Crippen molar-refractivity contribution in [3.8, 4) is 11.4 Å². The van der Waals surface area contributed by atoms with Crippen LogP contribution in [0, 0.1) is 5.82 Å². The van der Waals surface area contributed by atoms with E-state index in [2.05, 4.69) is 15.6 Å². The number of nitrogens with zero attached hydrogens (tertiary/aromatic N) is 2. The van der Waals surface area contributed by atoms with E-state index in [-0.39, 0.29) is 17.8 Å². The molecule has 5 nitrogen and oxygen atoms in total. The fourth-order valence-electron chi connectivity index (χ4n) is 3.77. The molecule has 0 aliphatic carbocycles. The molecule has 2 saturated heterocycles. The summed E-state index contributed by atoms with van der Waals surface area (Å²) >= 11 is 0. The van der Waals surface area contributed by atoms with E-state index in [4.69, 9.17) is 0 Å². The molecule has 3 atom stereocenters. The number of fused-ring (bicyclic) bond motifs is 2. The number of carbonyl (C=O) groups excluding carboxylic acids is 1. The Morgan fingerprint density at radius 2 is 2.26 bits per heavy atom. The average molecular weight is 314 g/mol. The molecule has 2 fully saturated rings. The number of hydrogen-bond donors (Lipinski definition) is 2. The molecule has 2 N–H and O–H groups in total. The molecule has 1 amide bonds. The number of pyridine rings is 1. The molecule has 120 valence electrons. The van der Waals surface area contributed by atoms with Gasteiger partial charge in [-0.2, -0.15) is 0 Å². The lowest BCUT2D eigenvalue weighted by molar-refractivity contribution is 0.0923. The van der Waals surface area contributed by atoms with Crippen LogP contribution in [0.25, 0.3) is 11.4 Å². The largest absolute Gasteiger partial charge is 0.346 e. The SMILES string of the molecule is Cn1c(C(=O)N[C@@H]2C[C@H]3CC[C@@H]2N3)ccc1-c1cc(F)ccn1. The average Bonchev–Trinajstić information content (AvgIpc) is 3.22. The van der Waals surface area contributed by atoms with Crippen LogP contribution in [0.2, 0.25) is 0 Å². The zero-order chi connectivity index (χ0) is 16.0. The van der Waals surface area contributed by atoms with E-state index in [1.165, 1.54) is 24.8 Å². The maximum absolute atomic E-state index is 13.4. The van der Waals surface area contributed by atoms with E-state index in [0.29, 0.717) is 23.5 Å². The summed E-state index contributed by atoms with van der Waals surface area (Å²) in [5.41, 5.74) is 1.81. The van der Waals surface area contributed by atoms with E-state index < -0.39 is 0 Å². The number of halogens is 1. The molecule has 0 saturated carbocycles. The summed E-state index contributed by atoms with van der Waals surface area (Å²) in [6, 6.07) is 7.39. The summed E-state index contributed by atoms with van der Waals surface area (Å²) in [7, 11) is 1.80. The highest BCUT2D eigenvalue weighted by atomic mass is 19.1. The van der Waals surface area contributed by atoms with E-state index in [1.807, 2.05) is 0 Å². The first-order valence-corrected chi connectivity index (χ1v) is 7.96. The van der Waals surface area contributed by atoms with Crippen molar-refractivity contribution in [1.82, 2.24) is 20.2 Å². The summed E-state index contributed by atoms with van der Waals surface area (Å²) in [6.07, 6.45) is 4.76. The number of carbonyl (C=O) groups is 1. The van der Waals surface area contributed by atoms with Crippen LogP contribution in [0.1, 0.15) is 29.8 Å². The molecular weight excluding hydrogens is 295 g/mol. The van der Waals surface area contributed by atoms with Crippen LogP contribution in [-0.4, -0.2) is 33.6 Å². The van der Waals surface area contributed by atoms with Crippen molar-refractivity contribution in [2.45, 2.75) is 37.4 Å². The number of aromatic nitrogens is 2. The first-order valence-electron chi connectivity index (χ1n) is 7.96. The van der Waals surface area contributed by atoms with Gasteiger partial charge in [-0.05, 0) is 37.5 Å². The van der Waals surface area contributed by atoms with Crippen LogP contribution in [-0.2, 0) is 7.05 Å². The third-order valence-corrected chi connectivity index (χ3v) is 4.96. The van der Waals surface area contributed by atoms with Crippen LogP contribution in [0.5, 0.6) is 0 Å². The Labute approximate surface area is 133 Å². The zero-order valence-corrected chi connectivity index (χ0v) is 12.9. The Kier molecular flexibility index (Phi) is 3.41. The smallest absolute Gasteiger partial charge is 0.268 e. The van der Waals surface area contributed by atoms with Crippen LogP contribution in [0.15, 0.2) is 30.5 Å².